The van der Waals surface area contributed by atoms with E-state index in [1.807, 2.05) is 0 Å². The molecule has 80 valence electrons. The Kier molecular flexibility index (Phi) is 3.63. The van der Waals surface area contributed by atoms with Crippen LogP contribution in [0, 0.1) is 0 Å². The van der Waals surface area contributed by atoms with Crippen LogP contribution < -0.4 is 0 Å². The molecule has 1 aromatic rings. The summed E-state index contributed by atoms with van der Waals surface area (Å²) in [5.41, 5.74) is 4.31. The molecule has 0 saturated carbocycles. The van der Waals surface area contributed by atoms with Gasteiger partial charge in [-0.1, -0.05) is 66.0 Å². The zero-order valence-electron chi connectivity index (χ0n) is 9.17. The number of fused-ring (bicyclic) bond motifs is 1. The van der Waals surface area contributed by atoms with Crippen molar-refractivity contribution in [3.63, 3.8) is 0 Å². The van der Waals surface area contributed by atoms with Crippen molar-refractivity contribution in [2.75, 3.05) is 0 Å². The highest BCUT2D eigenvalue weighted by atomic mass is 79.9. The fraction of sp³-hybridized carbons (Fsp3) is 0.429. The standard InChI is InChI=1S/C14H17Br/c1-2-3-7-14(15)13-9-8-11-5-4-6-12(11)10-13/h4-5,8-10,14H,2-3,6-7H2,1H3. The summed E-state index contributed by atoms with van der Waals surface area (Å²) in [6, 6.07) is 6.85. The number of rotatable bonds is 4. The van der Waals surface area contributed by atoms with Crippen molar-refractivity contribution in [1.29, 1.82) is 0 Å². The Bertz CT molecular complexity index is 366. The minimum Gasteiger partial charge on any atom is -0.0839 e. The van der Waals surface area contributed by atoms with E-state index in [0.717, 1.165) is 6.42 Å². The number of unbranched alkanes of at least 4 members (excludes halogenated alkanes) is 1. The molecule has 0 heterocycles. The zero-order chi connectivity index (χ0) is 10.7. The molecule has 0 radical (unpaired) electrons. The molecule has 1 aromatic carbocycles. The minimum absolute atomic E-state index is 0.531. The van der Waals surface area contributed by atoms with Gasteiger partial charge in [-0.3, -0.25) is 0 Å². The Labute approximate surface area is 101 Å². The second-order valence-electron chi connectivity index (χ2n) is 4.17. The van der Waals surface area contributed by atoms with Crippen LogP contribution in [0.5, 0.6) is 0 Å². The van der Waals surface area contributed by atoms with Gasteiger partial charge in [-0.05, 0) is 29.5 Å². The van der Waals surface area contributed by atoms with E-state index in [1.165, 1.54) is 36.0 Å². The van der Waals surface area contributed by atoms with Crippen molar-refractivity contribution >= 4 is 22.0 Å². The van der Waals surface area contributed by atoms with Gasteiger partial charge in [-0.25, -0.2) is 0 Å². The van der Waals surface area contributed by atoms with Gasteiger partial charge in [0.2, 0.25) is 0 Å². The largest absolute Gasteiger partial charge is 0.0839 e. The second-order valence-corrected chi connectivity index (χ2v) is 5.28. The molecule has 0 saturated heterocycles. The summed E-state index contributed by atoms with van der Waals surface area (Å²) in [4.78, 5) is 0.531. The van der Waals surface area contributed by atoms with Crippen LogP contribution >= 0.6 is 15.9 Å². The molecular formula is C14H17Br. The van der Waals surface area contributed by atoms with Crippen LogP contribution in [-0.4, -0.2) is 0 Å². The third-order valence-corrected chi connectivity index (χ3v) is 3.96. The van der Waals surface area contributed by atoms with Gasteiger partial charge in [-0.2, -0.15) is 0 Å². The van der Waals surface area contributed by atoms with E-state index in [4.69, 9.17) is 0 Å². The SMILES string of the molecule is CCCCC(Br)c1ccc2c(c1)CC=C2. The molecule has 2 rings (SSSR count). The molecule has 0 nitrogen and oxygen atoms in total. The molecule has 1 heteroatoms. The Morgan fingerprint density at radius 1 is 1.40 bits per heavy atom. The summed E-state index contributed by atoms with van der Waals surface area (Å²) < 4.78 is 0. The maximum absolute atomic E-state index is 3.77. The van der Waals surface area contributed by atoms with E-state index < -0.39 is 0 Å². The van der Waals surface area contributed by atoms with Crippen molar-refractivity contribution in [3.05, 3.63) is 41.0 Å². The van der Waals surface area contributed by atoms with Gasteiger partial charge < -0.3 is 0 Å². The van der Waals surface area contributed by atoms with Gasteiger partial charge in [0.1, 0.15) is 0 Å². The third-order valence-electron chi connectivity index (χ3n) is 2.98. The van der Waals surface area contributed by atoms with Crippen molar-refractivity contribution in [2.24, 2.45) is 0 Å². The summed E-state index contributed by atoms with van der Waals surface area (Å²) in [7, 11) is 0. The average molecular weight is 265 g/mol. The normalized spacial score (nSPS) is 15.3. The number of alkyl halides is 1. The van der Waals surface area contributed by atoms with E-state index in [9.17, 15) is 0 Å². The van der Waals surface area contributed by atoms with Crippen LogP contribution in [0.4, 0.5) is 0 Å². The molecule has 0 fully saturated rings. The van der Waals surface area contributed by atoms with Crippen LogP contribution in [0.2, 0.25) is 0 Å². The van der Waals surface area contributed by atoms with Gasteiger partial charge in [0.25, 0.3) is 0 Å². The Hall–Kier alpha value is -0.560. The molecular weight excluding hydrogens is 248 g/mol. The molecule has 0 aromatic heterocycles. The molecule has 15 heavy (non-hydrogen) atoms. The molecule has 0 aliphatic heterocycles. The van der Waals surface area contributed by atoms with E-state index in [2.05, 4.69) is 53.2 Å². The highest BCUT2D eigenvalue weighted by Crippen LogP contribution is 2.31. The van der Waals surface area contributed by atoms with E-state index in [-0.39, 0.29) is 0 Å². The molecule has 0 bridgehead atoms. The van der Waals surface area contributed by atoms with Gasteiger partial charge in [0.05, 0.1) is 0 Å². The number of hydrogen-bond acceptors (Lipinski definition) is 0. The van der Waals surface area contributed by atoms with E-state index in [1.54, 1.807) is 0 Å². The maximum Gasteiger partial charge on any atom is 0.0395 e. The maximum atomic E-state index is 3.77. The second kappa shape index (κ2) is 4.98. The van der Waals surface area contributed by atoms with Crippen LogP contribution in [-0.2, 0) is 6.42 Å². The molecule has 1 atom stereocenters. The quantitative estimate of drug-likeness (QED) is 0.680. The smallest absolute Gasteiger partial charge is 0.0395 e. The van der Waals surface area contributed by atoms with Crippen molar-refractivity contribution < 1.29 is 0 Å². The molecule has 1 unspecified atom stereocenters. The fourth-order valence-corrected chi connectivity index (χ4v) is 2.63. The molecule has 0 spiro atoms. The molecule has 0 amide bonds. The van der Waals surface area contributed by atoms with Crippen LogP contribution in [0.15, 0.2) is 24.3 Å². The average Bonchev–Trinajstić information content (AvgIpc) is 2.72. The number of allylic oxidation sites excluding steroid dienone is 1. The lowest BCUT2D eigenvalue weighted by Crippen LogP contribution is -1.92. The predicted molar refractivity (Wildman–Crippen MR) is 70.4 cm³/mol. The van der Waals surface area contributed by atoms with E-state index >= 15 is 0 Å². The highest BCUT2D eigenvalue weighted by molar-refractivity contribution is 9.09. The first-order valence-corrected chi connectivity index (χ1v) is 6.66. The zero-order valence-corrected chi connectivity index (χ0v) is 10.8. The Balaban J connectivity index is 2.10. The highest BCUT2D eigenvalue weighted by Gasteiger charge is 2.10. The van der Waals surface area contributed by atoms with Crippen LogP contribution in [0.25, 0.3) is 6.08 Å². The van der Waals surface area contributed by atoms with Gasteiger partial charge in [-0.15, -0.1) is 0 Å². The summed E-state index contributed by atoms with van der Waals surface area (Å²) in [6.07, 6.45) is 9.37. The number of benzene rings is 1. The van der Waals surface area contributed by atoms with Gasteiger partial charge in [0, 0.05) is 4.83 Å². The topological polar surface area (TPSA) is 0 Å². The lowest BCUT2D eigenvalue weighted by molar-refractivity contribution is 0.713. The first-order chi connectivity index (χ1) is 7.31. The van der Waals surface area contributed by atoms with E-state index in [0.29, 0.717) is 4.83 Å². The third kappa shape index (κ3) is 2.52. The summed E-state index contributed by atoms with van der Waals surface area (Å²) in [5.74, 6) is 0. The van der Waals surface area contributed by atoms with Gasteiger partial charge >= 0.3 is 0 Å². The summed E-state index contributed by atoms with van der Waals surface area (Å²) in [6.45, 7) is 2.24. The number of hydrogen-bond donors (Lipinski definition) is 0. The van der Waals surface area contributed by atoms with Crippen LogP contribution in [0.3, 0.4) is 0 Å². The summed E-state index contributed by atoms with van der Waals surface area (Å²) in [5, 5.41) is 0. The first kappa shape index (κ1) is 10.9. The fourth-order valence-electron chi connectivity index (χ4n) is 2.02. The molecule has 1 aliphatic carbocycles. The molecule has 0 N–H and O–H groups in total. The van der Waals surface area contributed by atoms with Crippen molar-refractivity contribution in [3.8, 4) is 0 Å². The lowest BCUT2D eigenvalue weighted by atomic mass is 10.0. The number of halogens is 1. The monoisotopic (exact) mass is 264 g/mol. The lowest BCUT2D eigenvalue weighted by Gasteiger charge is -2.11. The Morgan fingerprint density at radius 3 is 3.07 bits per heavy atom. The first-order valence-electron chi connectivity index (χ1n) is 5.74. The van der Waals surface area contributed by atoms with Crippen molar-refractivity contribution in [1.82, 2.24) is 0 Å². The summed E-state index contributed by atoms with van der Waals surface area (Å²) >= 11 is 3.77. The van der Waals surface area contributed by atoms with Crippen LogP contribution in [0.1, 0.15) is 47.7 Å². The minimum atomic E-state index is 0.531. The Morgan fingerprint density at radius 2 is 2.27 bits per heavy atom. The predicted octanol–water partition coefficient (Wildman–Crippen LogP) is 4.88. The van der Waals surface area contributed by atoms with Crippen molar-refractivity contribution in [2.45, 2.75) is 37.4 Å². The molecule has 1 aliphatic rings. The van der Waals surface area contributed by atoms with Gasteiger partial charge in [0.15, 0.2) is 0 Å².